The monoisotopic (exact) mass is 427 g/mol. The van der Waals surface area contributed by atoms with Crippen molar-refractivity contribution >= 4 is 39.9 Å². The fourth-order valence-electron chi connectivity index (χ4n) is 2.38. The molecular weight excluding hydrogens is 409 g/mol. The Morgan fingerprint density at radius 1 is 1.14 bits per heavy atom. The first-order valence-corrected chi connectivity index (χ1v) is 10.5. The van der Waals surface area contributed by atoms with E-state index in [4.69, 9.17) is 0 Å². The zero-order valence-corrected chi connectivity index (χ0v) is 17.0. The van der Waals surface area contributed by atoms with E-state index in [2.05, 4.69) is 22.2 Å². The molecule has 0 saturated carbocycles. The summed E-state index contributed by atoms with van der Waals surface area (Å²) < 4.78 is 13.8. The summed E-state index contributed by atoms with van der Waals surface area (Å²) >= 11 is 2.59. The second-order valence-electron chi connectivity index (χ2n) is 5.87. The van der Waals surface area contributed by atoms with Gasteiger partial charge in [-0.3, -0.25) is 9.59 Å². The van der Waals surface area contributed by atoms with Crippen molar-refractivity contribution in [1.29, 1.82) is 0 Å². The highest BCUT2D eigenvalue weighted by Crippen LogP contribution is 2.37. The minimum absolute atomic E-state index is 0.122. The number of nitrogens with one attached hydrogen (secondary N) is 2. The number of thioether (sulfide) groups is 1. The molecule has 0 aliphatic heterocycles. The fraction of sp³-hybridized carbons (Fsp3) is 0.0952. The zero-order chi connectivity index (χ0) is 20.6. The maximum Gasteiger partial charge on any atom is 0.256 e. The molecule has 2 aromatic carbocycles. The van der Waals surface area contributed by atoms with Crippen molar-refractivity contribution in [2.75, 3.05) is 17.6 Å². The fourth-order valence-corrected chi connectivity index (χ4v) is 4.27. The molecule has 1 aromatic heterocycles. The SMILES string of the molecule is C=CCNC(=O)CSc1nc(-c2ccccc2)c(NC(=O)c2ccc(F)cc2)s1. The Labute approximate surface area is 176 Å². The van der Waals surface area contributed by atoms with Crippen molar-refractivity contribution in [2.24, 2.45) is 0 Å². The number of carbonyl (C=O) groups excluding carboxylic acids is 2. The van der Waals surface area contributed by atoms with E-state index in [9.17, 15) is 14.0 Å². The Kier molecular flexibility index (Phi) is 7.15. The largest absolute Gasteiger partial charge is 0.352 e. The van der Waals surface area contributed by atoms with Crippen LogP contribution in [0.3, 0.4) is 0 Å². The molecule has 0 aliphatic carbocycles. The van der Waals surface area contributed by atoms with Crippen molar-refractivity contribution in [3.63, 3.8) is 0 Å². The van der Waals surface area contributed by atoms with E-state index in [1.807, 2.05) is 30.3 Å². The van der Waals surface area contributed by atoms with E-state index in [0.29, 0.717) is 27.1 Å². The molecule has 3 aromatic rings. The van der Waals surface area contributed by atoms with Crippen LogP contribution in [0.15, 0.2) is 71.6 Å². The van der Waals surface area contributed by atoms with Crippen molar-refractivity contribution in [3.05, 3.63) is 78.6 Å². The Hall–Kier alpha value is -2.97. The third-order valence-corrected chi connectivity index (χ3v) is 5.87. The van der Waals surface area contributed by atoms with Gasteiger partial charge < -0.3 is 10.6 Å². The van der Waals surface area contributed by atoms with Crippen LogP contribution in [0.25, 0.3) is 11.3 Å². The maximum absolute atomic E-state index is 13.1. The second kappa shape index (κ2) is 9.99. The van der Waals surface area contributed by atoms with Crippen molar-refractivity contribution in [1.82, 2.24) is 10.3 Å². The van der Waals surface area contributed by atoms with E-state index in [0.717, 1.165) is 5.56 Å². The Bertz CT molecular complexity index is 1000. The number of halogens is 1. The van der Waals surface area contributed by atoms with Gasteiger partial charge in [-0.1, -0.05) is 59.5 Å². The molecule has 0 radical (unpaired) electrons. The minimum atomic E-state index is -0.405. The van der Waals surface area contributed by atoms with Gasteiger partial charge in [-0.15, -0.1) is 6.58 Å². The maximum atomic E-state index is 13.1. The van der Waals surface area contributed by atoms with Crippen molar-refractivity contribution in [3.8, 4) is 11.3 Å². The zero-order valence-electron chi connectivity index (χ0n) is 15.4. The van der Waals surface area contributed by atoms with Crippen LogP contribution in [0.2, 0.25) is 0 Å². The van der Waals surface area contributed by atoms with E-state index in [1.165, 1.54) is 47.4 Å². The number of rotatable bonds is 8. The molecule has 2 amide bonds. The number of nitrogens with zero attached hydrogens (tertiary/aromatic N) is 1. The predicted octanol–water partition coefficient (Wildman–Crippen LogP) is 4.60. The summed E-state index contributed by atoms with van der Waals surface area (Å²) in [6.45, 7) is 3.97. The first-order valence-electron chi connectivity index (χ1n) is 8.70. The molecule has 148 valence electrons. The highest BCUT2D eigenvalue weighted by atomic mass is 32.2. The number of thiazole rings is 1. The summed E-state index contributed by atoms with van der Waals surface area (Å²) in [6, 6.07) is 14.8. The molecule has 0 bridgehead atoms. The molecule has 3 rings (SSSR count). The van der Waals surface area contributed by atoms with Crippen LogP contribution < -0.4 is 10.6 Å². The van der Waals surface area contributed by atoms with Crippen LogP contribution in [-0.2, 0) is 4.79 Å². The van der Waals surface area contributed by atoms with Crippen molar-refractivity contribution in [2.45, 2.75) is 4.34 Å². The van der Waals surface area contributed by atoms with E-state index < -0.39 is 5.82 Å². The van der Waals surface area contributed by atoms with Crippen LogP contribution in [0.5, 0.6) is 0 Å². The van der Waals surface area contributed by atoms with Gasteiger partial charge in [0.2, 0.25) is 5.91 Å². The molecule has 5 nitrogen and oxygen atoms in total. The number of amides is 2. The second-order valence-corrected chi connectivity index (χ2v) is 8.09. The number of aromatic nitrogens is 1. The van der Waals surface area contributed by atoms with Crippen molar-refractivity contribution < 1.29 is 14.0 Å². The summed E-state index contributed by atoms with van der Waals surface area (Å²) in [5, 5.41) is 6.14. The first-order chi connectivity index (χ1) is 14.1. The normalized spacial score (nSPS) is 10.4. The van der Waals surface area contributed by atoms with Gasteiger partial charge in [0.25, 0.3) is 5.91 Å². The molecule has 29 heavy (non-hydrogen) atoms. The van der Waals surface area contributed by atoms with Gasteiger partial charge in [-0.2, -0.15) is 0 Å². The van der Waals surface area contributed by atoms with Gasteiger partial charge in [-0.25, -0.2) is 9.37 Å². The summed E-state index contributed by atoms with van der Waals surface area (Å²) in [7, 11) is 0. The third kappa shape index (κ3) is 5.75. The van der Waals surface area contributed by atoms with Gasteiger partial charge in [0.15, 0.2) is 4.34 Å². The molecule has 0 fully saturated rings. The predicted molar refractivity (Wildman–Crippen MR) is 116 cm³/mol. The molecule has 8 heteroatoms. The number of anilines is 1. The first kappa shape index (κ1) is 20.8. The number of benzene rings is 2. The van der Waals surface area contributed by atoms with E-state index in [-0.39, 0.29) is 17.6 Å². The Morgan fingerprint density at radius 2 is 1.86 bits per heavy atom. The Balaban J connectivity index is 1.81. The average molecular weight is 428 g/mol. The smallest absolute Gasteiger partial charge is 0.256 e. The van der Waals surface area contributed by atoms with Crippen LogP contribution in [-0.4, -0.2) is 29.1 Å². The highest BCUT2D eigenvalue weighted by molar-refractivity contribution is 8.01. The van der Waals surface area contributed by atoms with Gasteiger partial charge >= 0.3 is 0 Å². The third-order valence-electron chi connectivity index (χ3n) is 3.76. The molecule has 2 N–H and O–H groups in total. The van der Waals surface area contributed by atoms with Gasteiger partial charge in [0, 0.05) is 17.7 Å². The number of hydrogen-bond acceptors (Lipinski definition) is 5. The molecule has 1 heterocycles. The van der Waals surface area contributed by atoms with Crippen LogP contribution >= 0.6 is 23.1 Å². The lowest BCUT2D eigenvalue weighted by Crippen LogP contribution is -2.24. The number of carbonyl (C=O) groups is 2. The lowest BCUT2D eigenvalue weighted by atomic mass is 10.1. The van der Waals surface area contributed by atoms with Crippen LogP contribution in [0.1, 0.15) is 10.4 Å². The lowest BCUT2D eigenvalue weighted by molar-refractivity contribution is -0.118. The van der Waals surface area contributed by atoms with Gasteiger partial charge in [0.05, 0.1) is 5.75 Å². The summed E-state index contributed by atoms with van der Waals surface area (Å²) in [5.41, 5.74) is 1.82. The van der Waals surface area contributed by atoms with E-state index in [1.54, 1.807) is 6.08 Å². The summed E-state index contributed by atoms with van der Waals surface area (Å²) in [5.74, 6) is -0.673. The highest BCUT2D eigenvalue weighted by Gasteiger charge is 2.17. The molecule has 0 unspecified atom stereocenters. The Morgan fingerprint density at radius 3 is 2.55 bits per heavy atom. The molecule has 0 spiro atoms. The summed E-state index contributed by atoms with van der Waals surface area (Å²) in [4.78, 5) is 29.0. The average Bonchev–Trinajstić information content (AvgIpc) is 3.14. The standard InChI is InChI=1S/C21H18FN3O2S2/c1-2-12-23-17(26)13-28-21-24-18(14-6-4-3-5-7-14)20(29-21)25-19(27)15-8-10-16(22)11-9-15/h2-11H,1,12-13H2,(H,23,26)(H,25,27). The number of hydrogen-bond donors (Lipinski definition) is 2. The van der Waals surface area contributed by atoms with Gasteiger partial charge in [-0.05, 0) is 24.3 Å². The van der Waals surface area contributed by atoms with Gasteiger partial charge in [0.1, 0.15) is 16.5 Å². The lowest BCUT2D eigenvalue weighted by Gasteiger charge is -2.05. The topological polar surface area (TPSA) is 71.1 Å². The minimum Gasteiger partial charge on any atom is -0.352 e. The quantitative estimate of drug-likeness (QED) is 0.407. The molecule has 0 saturated heterocycles. The van der Waals surface area contributed by atoms with Crippen LogP contribution in [0.4, 0.5) is 9.39 Å². The molecular formula is C21H18FN3O2S2. The molecule has 0 atom stereocenters. The molecule has 0 aliphatic rings. The van der Waals surface area contributed by atoms with E-state index >= 15 is 0 Å². The summed E-state index contributed by atoms with van der Waals surface area (Å²) in [6.07, 6.45) is 1.61. The van der Waals surface area contributed by atoms with Crippen LogP contribution in [0, 0.1) is 5.82 Å².